The molecule has 3 N–H and O–H groups in total. The normalized spacial score (nSPS) is 51.4. The highest BCUT2D eigenvalue weighted by molar-refractivity contribution is 5.69. The summed E-state index contributed by atoms with van der Waals surface area (Å²) in [6.07, 6.45) is 8.87. The lowest BCUT2D eigenvalue weighted by atomic mass is 9.43. The van der Waals surface area contributed by atoms with Crippen LogP contribution in [0.15, 0.2) is 0 Å². The number of aliphatic hydroxyl groups is 2. The molecule has 0 amide bonds. The monoisotopic (exact) mass is 406 g/mol. The number of rotatable bonds is 4. The summed E-state index contributed by atoms with van der Waals surface area (Å²) in [6, 6.07) is 0. The Morgan fingerprint density at radius 2 is 1.62 bits per heavy atom. The van der Waals surface area contributed by atoms with Crippen molar-refractivity contribution in [3.63, 3.8) is 0 Å². The van der Waals surface area contributed by atoms with Gasteiger partial charge in [0.2, 0.25) is 0 Å². The Labute approximate surface area is 176 Å². The summed E-state index contributed by atoms with van der Waals surface area (Å²) in [7, 11) is 0. The minimum absolute atomic E-state index is 0.182. The number of aliphatic hydroxyl groups excluding tert-OH is 2. The summed E-state index contributed by atoms with van der Waals surface area (Å²) >= 11 is 0. The fraction of sp³-hybridized carbons (Fsp3) is 0.960. The van der Waals surface area contributed by atoms with E-state index in [-0.39, 0.29) is 29.0 Å². The summed E-state index contributed by atoms with van der Waals surface area (Å²) in [5.41, 5.74) is 0.503. The minimum atomic E-state index is -0.679. The van der Waals surface area contributed by atoms with Crippen molar-refractivity contribution in [2.75, 3.05) is 0 Å². The molecule has 4 aliphatic carbocycles. The Morgan fingerprint density at radius 1 is 0.966 bits per heavy atom. The van der Waals surface area contributed by atoms with Crippen LogP contribution in [0.3, 0.4) is 0 Å². The molecular formula is C25H42O4. The van der Waals surface area contributed by atoms with E-state index in [0.29, 0.717) is 35.5 Å². The number of fused-ring (bicyclic) bond motifs is 5. The molecule has 4 fully saturated rings. The molecular weight excluding hydrogens is 364 g/mol. The summed E-state index contributed by atoms with van der Waals surface area (Å²) in [6.45, 7) is 9.02. The number of carbonyl (C=O) groups is 1. The standard InChI is InChI=1S/C25H42O4/c1-14(11-15(2)23(28)29)18-5-6-19-22-20(8-10-25(18,19)4)24(3)9-7-17(26)12-16(24)13-21(22)27/h14-22,26-27H,5-13H2,1-4H3,(H,28,29)/t14-,15?,16+,17-,18-,19+,20+,21-,22+,24+,25-/m1/s1. The second-order valence-electron chi connectivity index (χ2n) is 11.9. The molecule has 4 rings (SSSR count). The van der Waals surface area contributed by atoms with Gasteiger partial charge in [-0.3, -0.25) is 4.79 Å². The zero-order chi connectivity index (χ0) is 21.1. The van der Waals surface area contributed by atoms with Crippen molar-refractivity contribution >= 4 is 5.97 Å². The van der Waals surface area contributed by atoms with Gasteiger partial charge in [-0.2, -0.15) is 0 Å². The third-order valence-electron chi connectivity index (χ3n) is 10.6. The lowest BCUT2D eigenvalue weighted by molar-refractivity contribution is -0.174. The third-order valence-corrected chi connectivity index (χ3v) is 10.6. The van der Waals surface area contributed by atoms with Crippen LogP contribution in [0.5, 0.6) is 0 Å². The van der Waals surface area contributed by atoms with E-state index in [1.165, 1.54) is 25.7 Å². The molecule has 4 saturated carbocycles. The predicted molar refractivity (Wildman–Crippen MR) is 113 cm³/mol. The van der Waals surface area contributed by atoms with Gasteiger partial charge in [0.15, 0.2) is 0 Å². The molecule has 29 heavy (non-hydrogen) atoms. The van der Waals surface area contributed by atoms with Crippen LogP contribution in [0.25, 0.3) is 0 Å². The zero-order valence-corrected chi connectivity index (χ0v) is 18.8. The van der Waals surface area contributed by atoms with Crippen LogP contribution in [0.4, 0.5) is 0 Å². The number of carboxylic acids is 1. The van der Waals surface area contributed by atoms with Gasteiger partial charge in [0.25, 0.3) is 0 Å². The first kappa shape index (κ1) is 21.6. The highest BCUT2D eigenvalue weighted by Crippen LogP contribution is 2.68. The molecule has 0 radical (unpaired) electrons. The maximum Gasteiger partial charge on any atom is 0.306 e. The van der Waals surface area contributed by atoms with Crippen molar-refractivity contribution in [3.8, 4) is 0 Å². The molecule has 0 aliphatic heterocycles. The van der Waals surface area contributed by atoms with Crippen molar-refractivity contribution in [3.05, 3.63) is 0 Å². The smallest absolute Gasteiger partial charge is 0.306 e. The predicted octanol–water partition coefficient (Wildman–Crippen LogP) is 4.72. The largest absolute Gasteiger partial charge is 0.481 e. The molecule has 0 saturated heterocycles. The second-order valence-corrected chi connectivity index (χ2v) is 11.9. The lowest BCUT2D eigenvalue weighted by Gasteiger charge is -2.62. The number of hydrogen-bond acceptors (Lipinski definition) is 3. The maximum atomic E-state index is 11.4. The Hall–Kier alpha value is -0.610. The highest BCUT2D eigenvalue weighted by atomic mass is 16.4. The van der Waals surface area contributed by atoms with Gasteiger partial charge in [0, 0.05) is 0 Å². The van der Waals surface area contributed by atoms with E-state index in [2.05, 4.69) is 20.8 Å². The van der Waals surface area contributed by atoms with Crippen molar-refractivity contribution in [1.29, 1.82) is 0 Å². The molecule has 11 atom stereocenters. The van der Waals surface area contributed by atoms with E-state index in [1.807, 2.05) is 6.92 Å². The van der Waals surface area contributed by atoms with Crippen LogP contribution in [-0.2, 0) is 4.79 Å². The number of aliphatic carboxylic acids is 1. The van der Waals surface area contributed by atoms with Crippen LogP contribution in [0.1, 0.15) is 85.5 Å². The molecule has 0 aromatic carbocycles. The molecule has 4 heteroatoms. The van der Waals surface area contributed by atoms with E-state index in [0.717, 1.165) is 32.1 Å². The average molecular weight is 407 g/mol. The molecule has 166 valence electrons. The van der Waals surface area contributed by atoms with E-state index in [1.54, 1.807) is 0 Å². The Morgan fingerprint density at radius 3 is 2.31 bits per heavy atom. The van der Waals surface area contributed by atoms with Gasteiger partial charge in [-0.1, -0.05) is 27.7 Å². The van der Waals surface area contributed by atoms with Crippen LogP contribution in [-0.4, -0.2) is 33.5 Å². The van der Waals surface area contributed by atoms with Crippen molar-refractivity contribution < 1.29 is 20.1 Å². The van der Waals surface area contributed by atoms with Crippen molar-refractivity contribution in [2.45, 2.75) is 97.7 Å². The van der Waals surface area contributed by atoms with Gasteiger partial charge >= 0.3 is 5.97 Å². The highest BCUT2D eigenvalue weighted by Gasteiger charge is 2.62. The minimum Gasteiger partial charge on any atom is -0.481 e. The van der Waals surface area contributed by atoms with Crippen molar-refractivity contribution in [2.24, 2.45) is 52.3 Å². The molecule has 0 aromatic heterocycles. The SMILES string of the molecule is CC(C[C@@H](C)[C@H]1CC[C@H]2[C@@H]3[C@H](O)C[C@@H]4C[C@H](O)CC[C@]4(C)[C@H]3CC[C@]12C)C(=O)O. The van der Waals surface area contributed by atoms with Gasteiger partial charge in [0.05, 0.1) is 18.1 Å². The van der Waals surface area contributed by atoms with E-state index >= 15 is 0 Å². The number of hydrogen-bond donors (Lipinski definition) is 3. The number of carboxylic acid groups (broad SMARTS) is 1. The molecule has 0 spiro atoms. The first-order valence-electron chi connectivity index (χ1n) is 12.2. The first-order chi connectivity index (χ1) is 13.6. The van der Waals surface area contributed by atoms with E-state index in [9.17, 15) is 20.1 Å². The van der Waals surface area contributed by atoms with Crippen LogP contribution >= 0.6 is 0 Å². The van der Waals surface area contributed by atoms with Crippen LogP contribution < -0.4 is 0 Å². The summed E-state index contributed by atoms with van der Waals surface area (Å²) in [5.74, 6) is 2.02. The summed E-state index contributed by atoms with van der Waals surface area (Å²) in [5, 5.41) is 30.9. The third kappa shape index (κ3) is 3.37. The quantitative estimate of drug-likeness (QED) is 0.631. The Kier molecular flexibility index (Phi) is 5.60. The summed E-state index contributed by atoms with van der Waals surface area (Å²) in [4.78, 5) is 11.4. The fourth-order valence-electron chi connectivity index (χ4n) is 9.00. The van der Waals surface area contributed by atoms with Gasteiger partial charge in [-0.25, -0.2) is 0 Å². The summed E-state index contributed by atoms with van der Waals surface area (Å²) < 4.78 is 0. The Bertz CT molecular complexity index is 634. The Balaban J connectivity index is 1.56. The second kappa shape index (κ2) is 7.51. The molecule has 4 nitrogen and oxygen atoms in total. The van der Waals surface area contributed by atoms with Gasteiger partial charge in [0.1, 0.15) is 0 Å². The molecule has 4 aliphatic rings. The maximum absolute atomic E-state index is 11.4. The van der Waals surface area contributed by atoms with Crippen LogP contribution in [0, 0.1) is 52.3 Å². The van der Waals surface area contributed by atoms with E-state index < -0.39 is 5.97 Å². The molecule has 0 aromatic rings. The molecule has 0 heterocycles. The van der Waals surface area contributed by atoms with Crippen molar-refractivity contribution in [1.82, 2.24) is 0 Å². The topological polar surface area (TPSA) is 77.8 Å². The average Bonchev–Trinajstić information content (AvgIpc) is 3.00. The van der Waals surface area contributed by atoms with Gasteiger partial charge in [-0.15, -0.1) is 0 Å². The van der Waals surface area contributed by atoms with E-state index in [4.69, 9.17) is 0 Å². The fourth-order valence-corrected chi connectivity index (χ4v) is 9.00. The first-order valence-corrected chi connectivity index (χ1v) is 12.2. The molecule has 1 unspecified atom stereocenters. The van der Waals surface area contributed by atoms with Crippen LogP contribution in [0.2, 0.25) is 0 Å². The molecule has 0 bridgehead atoms. The lowest BCUT2D eigenvalue weighted by Crippen LogP contribution is -2.58. The van der Waals surface area contributed by atoms with Gasteiger partial charge < -0.3 is 15.3 Å². The zero-order valence-electron chi connectivity index (χ0n) is 18.8. The van der Waals surface area contributed by atoms with Gasteiger partial charge in [-0.05, 0) is 104 Å².